The number of carbonyl (C=O) groups is 2. The van der Waals surface area contributed by atoms with E-state index in [-0.39, 0.29) is 31.6 Å². The average molecular weight is 741 g/mol. The molecule has 2 atom stereocenters. The summed E-state index contributed by atoms with van der Waals surface area (Å²) in [6.07, 6.45) is 50.0. The van der Waals surface area contributed by atoms with Crippen LogP contribution in [-0.2, 0) is 19.1 Å². The summed E-state index contributed by atoms with van der Waals surface area (Å²) in [5.74, 6) is 0.163. The predicted molar refractivity (Wildman–Crippen MR) is 225 cm³/mol. The van der Waals surface area contributed by atoms with Gasteiger partial charge in [0.25, 0.3) is 0 Å². The van der Waals surface area contributed by atoms with E-state index >= 15 is 0 Å². The summed E-state index contributed by atoms with van der Waals surface area (Å²) in [4.78, 5) is 24.0. The standard InChI is InChI=1S/C47H80O6/c1-4-5-6-7-27-32-37-44(48)38-33-28-23-19-16-17-21-25-30-35-40-47(51)53-42-45(49)41-52-46(50)39-34-29-24-20-15-13-11-9-8-10-12-14-18-22-26-31-36-43(2)3/h5-6,16-17,23,25,27-28,30,32-33,38,43-45,48-49H,4,7-15,18-22,24,26,29,31,34-37,39-42H2,1-3H3/b6-5-,17-16-,28-23-,30-25-,32-27-,38-33+/t44?,45-/m0/s1. The van der Waals surface area contributed by atoms with E-state index in [1.54, 1.807) is 6.08 Å². The third-order valence-electron chi connectivity index (χ3n) is 8.98. The highest BCUT2D eigenvalue weighted by molar-refractivity contribution is 5.70. The van der Waals surface area contributed by atoms with Crippen LogP contribution in [0.1, 0.15) is 181 Å². The molecule has 0 saturated heterocycles. The summed E-state index contributed by atoms with van der Waals surface area (Å²) in [5, 5.41) is 20.0. The van der Waals surface area contributed by atoms with Gasteiger partial charge in [0, 0.05) is 12.8 Å². The molecule has 0 radical (unpaired) electrons. The van der Waals surface area contributed by atoms with Gasteiger partial charge in [0.1, 0.15) is 19.3 Å². The monoisotopic (exact) mass is 741 g/mol. The topological polar surface area (TPSA) is 93.1 Å². The van der Waals surface area contributed by atoms with E-state index in [4.69, 9.17) is 9.47 Å². The van der Waals surface area contributed by atoms with E-state index in [2.05, 4.69) is 51.2 Å². The van der Waals surface area contributed by atoms with Crippen molar-refractivity contribution in [1.29, 1.82) is 0 Å². The highest BCUT2D eigenvalue weighted by Crippen LogP contribution is 2.15. The summed E-state index contributed by atoms with van der Waals surface area (Å²) >= 11 is 0. The van der Waals surface area contributed by atoms with Gasteiger partial charge in [-0.1, -0.05) is 196 Å². The second-order valence-electron chi connectivity index (χ2n) is 14.8. The summed E-state index contributed by atoms with van der Waals surface area (Å²) in [6, 6.07) is 0. The second kappa shape index (κ2) is 40.5. The van der Waals surface area contributed by atoms with Crippen molar-refractivity contribution in [3.05, 3.63) is 72.9 Å². The lowest BCUT2D eigenvalue weighted by Gasteiger charge is -2.12. The van der Waals surface area contributed by atoms with Gasteiger partial charge in [-0.3, -0.25) is 9.59 Å². The first kappa shape index (κ1) is 50.3. The van der Waals surface area contributed by atoms with Gasteiger partial charge in [0.15, 0.2) is 0 Å². The SMILES string of the molecule is CC/C=C\C/C=C\CC(O)/C=C/C=C\C/C=C\C/C=C\CCC(=O)OC[C@@H](O)COC(=O)CCCCCCCCCCCCCCCCCCC(C)C. The molecule has 0 saturated carbocycles. The Labute approximate surface area is 326 Å². The first-order valence-corrected chi connectivity index (χ1v) is 21.5. The van der Waals surface area contributed by atoms with Crippen LogP contribution in [0.3, 0.4) is 0 Å². The minimum atomic E-state index is -1.01. The molecular weight excluding hydrogens is 661 g/mol. The van der Waals surface area contributed by atoms with Gasteiger partial charge in [-0.25, -0.2) is 0 Å². The summed E-state index contributed by atoms with van der Waals surface area (Å²) in [6.45, 7) is 6.42. The molecule has 53 heavy (non-hydrogen) atoms. The predicted octanol–water partition coefficient (Wildman–Crippen LogP) is 12.6. The van der Waals surface area contributed by atoms with Gasteiger partial charge in [-0.15, -0.1) is 0 Å². The molecule has 0 spiro atoms. The maximum atomic E-state index is 12.0. The molecule has 6 nitrogen and oxygen atoms in total. The molecule has 2 N–H and O–H groups in total. The summed E-state index contributed by atoms with van der Waals surface area (Å²) in [5.41, 5.74) is 0. The molecule has 0 fully saturated rings. The van der Waals surface area contributed by atoms with E-state index in [9.17, 15) is 19.8 Å². The molecular formula is C47H80O6. The molecule has 1 unspecified atom stereocenters. The molecule has 0 aliphatic rings. The van der Waals surface area contributed by atoms with Crippen LogP contribution in [0.4, 0.5) is 0 Å². The van der Waals surface area contributed by atoms with Crippen LogP contribution in [0.5, 0.6) is 0 Å². The number of unbranched alkanes of at least 4 members (excludes halogenated alkanes) is 15. The highest BCUT2D eigenvalue weighted by Gasteiger charge is 2.11. The first-order valence-electron chi connectivity index (χ1n) is 21.5. The number of esters is 2. The van der Waals surface area contributed by atoms with Crippen molar-refractivity contribution in [2.75, 3.05) is 13.2 Å². The molecule has 304 valence electrons. The number of rotatable bonds is 37. The van der Waals surface area contributed by atoms with Gasteiger partial charge in [0.2, 0.25) is 0 Å². The van der Waals surface area contributed by atoms with Crippen molar-refractivity contribution < 1.29 is 29.3 Å². The zero-order chi connectivity index (χ0) is 38.9. The van der Waals surface area contributed by atoms with Crippen LogP contribution in [-0.4, -0.2) is 47.6 Å². The first-order chi connectivity index (χ1) is 25.8. The van der Waals surface area contributed by atoms with E-state index in [0.717, 1.165) is 50.9 Å². The van der Waals surface area contributed by atoms with Crippen molar-refractivity contribution >= 4 is 11.9 Å². The molecule has 0 aliphatic carbocycles. The molecule has 0 aliphatic heterocycles. The van der Waals surface area contributed by atoms with E-state index in [0.29, 0.717) is 19.3 Å². The quantitative estimate of drug-likeness (QED) is 0.0285. The Balaban J connectivity index is 3.60. The Morgan fingerprint density at radius 2 is 0.981 bits per heavy atom. The smallest absolute Gasteiger partial charge is 0.306 e. The Bertz CT molecular complexity index is 1000. The van der Waals surface area contributed by atoms with Crippen LogP contribution < -0.4 is 0 Å². The summed E-state index contributed by atoms with van der Waals surface area (Å²) in [7, 11) is 0. The molecule has 0 aromatic carbocycles. The van der Waals surface area contributed by atoms with Gasteiger partial charge in [0.05, 0.1) is 6.10 Å². The van der Waals surface area contributed by atoms with Crippen LogP contribution >= 0.6 is 0 Å². The van der Waals surface area contributed by atoms with Gasteiger partial charge in [-0.2, -0.15) is 0 Å². The lowest BCUT2D eigenvalue weighted by Crippen LogP contribution is -2.25. The molecule has 0 heterocycles. The maximum Gasteiger partial charge on any atom is 0.306 e. The second-order valence-corrected chi connectivity index (χ2v) is 14.8. The lowest BCUT2D eigenvalue weighted by molar-refractivity contribution is -0.152. The van der Waals surface area contributed by atoms with Crippen LogP contribution in [0, 0.1) is 5.92 Å². The minimum Gasteiger partial charge on any atom is -0.463 e. The average Bonchev–Trinajstić information content (AvgIpc) is 3.14. The third kappa shape index (κ3) is 41.9. The number of aliphatic hydroxyl groups excluding tert-OH is 2. The molecule has 0 bridgehead atoms. The highest BCUT2D eigenvalue weighted by atomic mass is 16.6. The number of carbonyl (C=O) groups excluding carboxylic acids is 2. The fourth-order valence-corrected chi connectivity index (χ4v) is 5.73. The molecule has 0 amide bonds. The van der Waals surface area contributed by atoms with Gasteiger partial charge < -0.3 is 19.7 Å². The van der Waals surface area contributed by atoms with Crippen molar-refractivity contribution in [1.82, 2.24) is 0 Å². The lowest BCUT2D eigenvalue weighted by atomic mass is 10.0. The zero-order valence-electron chi connectivity index (χ0n) is 34.3. The van der Waals surface area contributed by atoms with Gasteiger partial charge >= 0.3 is 11.9 Å². The fourth-order valence-electron chi connectivity index (χ4n) is 5.73. The summed E-state index contributed by atoms with van der Waals surface area (Å²) < 4.78 is 10.3. The largest absolute Gasteiger partial charge is 0.463 e. The van der Waals surface area contributed by atoms with Crippen molar-refractivity contribution in [3.8, 4) is 0 Å². The zero-order valence-corrected chi connectivity index (χ0v) is 34.3. The van der Waals surface area contributed by atoms with Crippen LogP contribution in [0.25, 0.3) is 0 Å². The third-order valence-corrected chi connectivity index (χ3v) is 8.98. The Hall–Kier alpha value is -2.70. The van der Waals surface area contributed by atoms with E-state index < -0.39 is 12.2 Å². The Morgan fingerprint density at radius 1 is 0.528 bits per heavy atom. The fraction of sp³-hybridized carbons (Fsp3) is 0.702. The van der Waals surface area contributed by atoms with Crippen molar-refractivity contribution in [2.24, 2.45) is 5.92 Å². The maximum absolute atomic E-state index is 12.0. The molecule has 0 aromatic rings. The van der Waals surface area contributed by atoms with E-state index in [1.165, 1.54) is 89.9 Å². The van der Waals surface area contributed by atoms with E-state index in [1.807, 2.05) is 36.5 Å². The van der Waals surface area contributed by atoms with Gasteiger partial charge in [-0.05, 0) is 50.9 Å². The number of allylic oxidation sites excluding steroid dienone is 10. The van der Waals surface area contributed by atoms with Crippen LogP contribution in [0.15, 0.2) is 72.9 Å². The number of hydrogen-bond donors (Lipinski definition) is 2. The molecule has 6 heteroatoms. The Morgan fingerprint density at radius 3 is 1.53 bits per heavy atom. The number of hydrogen-bond acceptors (Lipinski definition) is 6. The van der Waals surface area contributed by atoms with Crippen molar-refractivity contribution in [2.45, 2.75) is 193 Å². The molecule has 0 rings (SSSR count). The molecule has 0 aromatic heterocycles. The number of ether oxygens (including phenoxy) is 2. The normalized spacial score (nSPS) is 13.6. The van der Waals surface area contributed by atoms with Crippen molar-refractivity contribution in [3.63, 3.8) is 0 Å². The number of aliphatic hydroxyl groups is 2. The van der Waals surface area contributed by atoms with Crippen LogP contribution in [0.2, 0.25) is 0 Å². The Kier molecular flexibility index (Phi) is 38.4. The minimum absolute atomic E-state index is 0.154.